The largest absolute Gasteiger partial charge is 0.456 e. The van der Waals surface area contributed by atoms with Crippen LogP contribution in [-0.4, -0.2) is 196 Å². The molecule has 6 aliphatic heterocycles. The van der Waals surface area contributed by atoms with E-state index in [9.17, 15) is 78.0 Å². The molecule has 0 bridgehead atoms. The Bertz CT molecular complexity index is 5910. The zero-order valence-electron chi connectivity index (χ0n) is 72.8. The monoisotopic (exact) mass is 1960 g/mol. The molecule has 0 radical (unpaired) electrons. The third kappa shape index (κ3) is 23.7. The van der Waals surface area contributed by atoms with Gasteiger partial charge in [0.1, 0.15) is 73.2 Å². The summed E-state index contributed by atoms with van der Waals surface area (Å²) in [7, 11) is -2.57. The number of fused-ring (bicyclic) bond motifs is 4. The van der Waals surface area contributed by atoms with Gasteiger partial charge in [0.15, 0.2) is 36.6 Å². The first kappa shape index (κ1) is 100. The van der Waals surface area contributed by atoms with Crippen LogP contribution in [0.4, 0.5) is 0 Å². The van der Waals surface area contributed by atoms with Gasteiger partial charge < -0.3 is 88.2 Å². The van der Waals surface area contributed by atoms with Crippen molar-refractivity contribution in [2.75, 3.05) is 13.2 Å². The van der Waals surface area contributed by atoms with Gasteiger partial charge in [0.25, 0.3) is 0 Å². The minimum absolute atomic E-state index is 0.333. The fourth-order valence-electron chi connectivity index (χ4n) is 16.9. The van der Waals surface area contributed by atoms with Crippen LogP contribution in [0.2, 0.25) is 20.1 Å². The molecule has 0 amide bonds. The van der Waals surface area contributed by atoms with Gasteiger partial charge in [0, 0.05) is 116 Å². The molecular formula is C98H100Cl4O26S4. The second kappa shape index (κ2) is 45.1. The highest BCUT2D eigenvalue weighted by Crippen LogP contribution is 2.46. The smallest absolute Gasteiger partial charge is 0.303 e. The number of benzene rings is 8. The number of carbonyl (C=O) groups is 6. The lowest BCUT2D eigenvalue weighted by Gasteiger charge is -2.44. The number of hydrogen-bond acceptors (Lipinski definition) is 28. The molecule has 4 saturated heterocycles. The van der Waals surface area contributed by atoms with E-state index in [1.54, 1.807) is 71.2 Å². The van der Waals surface area contributed by atoms with Gasteiger partial charge in [-0.15, -0.1) is 22.7 Å². The van der Waals surface area contributed by atoms with E-state index < -0.39 is 193 Å². The van der Waals surface area contributed by atoms with Crippen LogP contribution in [0.3, 0.4) is 0 Å². The molecule has 0 saturated carbocycles. The van der Waals surface area contributed by atoms with Gasteiger partial charge in [-0.25, -0.2) is 8.42 Å². The quantitative estimate of drug-likeness (QED) is 0.0231. The van der Waals surface area contributed by atoms with Crippen molar-refractivity contribution in [3.8, 4) is 0 Å². The molecule has 2 unspecified atom stereocenters. The van der Waals surface area contributed by atoms with E-state index in [0.717, 1.165) is 46.7 Å². The van der Waals surface area contributed by atoms with Gasteiger partial charge in [0.05, 0.1) is 56.8 Å². The van der Waals surface area contributed by atoms with Crippen LogP contribution >= 0.6 is 69.1 Å². The van der Waals surface area contributed by atoms with E-state index in [4.69, 9.17) is 93.8 Å². The van der Waals surface area contributed by atoms with Crippen molar-refractivity contribution in [3.63, 3.8) is 0 Å². The number of thiophene rings is 2. The summed E-state index contributed by atoms with van der Waals surface area (Å²) in [6, 6.07) is 56.7. The standard InChI is InChI=1S/C28H29ClO8S.C28H29ClO7S.C21H21ClO6S.C21H21ClO5S/c1-5-23-26(34-15(2)30)28(36-17(4)32)27(35-16(3)31)25(37-23)19-10-11-22(29)20(12-19)14-21-13-18-8-6-7-9-24(18)38(21)33;1-5-23-26(33-15(2)30)28(35-17(4)32)27(34-16(3)31)25(36-23)19-10-11-22(29)20(12-19)14-21-13-18-8-6-7-9-24(18)37-21;22-15-6-5-12(21-20(26)19(25)18(24)16(10-23)28-21)7-13(15)9-14-8-11-3-1-2-4-17(11)29(14)27;22-15-6-5-12(21-20(26)19(25)18(24)16(10-23)27-21)7-13(15)9-14-8-11-3-1-2-4-17(11)28-14/h6-13,23,25-28H,5,14H2,1-4H3;6-13,23,25-28H,5,14H2,1-4H3;1-8,16,18-21,23-26H,9-10H2;1-8,16,18-21,23-26H,9-10H2/t23-,25+,26-,27+,28+,38?;23-,25+,26-,27+,28+;16-,18-,19+,20-,21+,29?;16-,18-,19+,20-,21+/m1111/s1. The molecule has 4 fully saturated rings. The average molecular weight is 1960 g/mol. The van der Waals surface area contributed by atoms with Crippen molar-refractivity contribution in [1.29, 1.82) is 0 Å². The molecule has 132 heavy (non-hydrogen) atoms. The number of carbonyl (C=O) groups excluding carboxylic acids is 6. The molecule has 2 aromatic heterocycles. The van der Waals surface area contributed by atoms with E-state index >= 15 is 0 Å². The molecule has 8 heterocycles. The minimum atomic E-state index is -1.45. The van der Waals surface area contributed by atoms with E-state index in [1.807, 2.05) is 123 Å². The maximum atomic E-state index is 13.1. The maximum absolute atomic E-state index is 13.1. The van der Waals surface area contributed by atoms with Crippen LogP contribution in [0.5, 0.6) is 0 Å². The summed E-state index contributed by atoms with van der Waals surface area (Å²) in [5, 5.41) is 84.1. The highest BCUT2D eigenvalue weighted by Gasteiger charge is 2.54. The van der Waals surface area contributed by atoms with Crippen molar-refractivity contribution >= 4 is 159 Å². The number of halogens is 4. The first-order valence-electron chi connectivity index (χ1n) is 42.6. The van der Waals surface area contributed by atoms with Gasteiger partial charge in [-0.1, -0.05) is 182 Å². The second-order valence-corrected chi connectivity index (χ2v) is 39.4. The normalized spacial score (nSPS) is 26.9. The number of rotatable bonds is 22. The van der Waals surface area contributed by atoms with Crippen molar-refractivity contribution in [1.82, 2.24) is 0 Å². The van der Waals surface area contributed by atoms with E-state index in [0.29, 0.717) is 96.9 Å². The highest BCUT2D eigenvalue weighted by atomic mass is 35.5. The van der Waals surface area contributed by atoms with Crippen LogP contribution < -0.4 is 0 Å². The third-order valence-corrected chi connectivity index (χ3v) is 29.7. The van der Waals surface area contributed by atoms with Gasteiger partial charge in [-0.05, 0) is 152 Å². The Morgan fingerprint density at radius 2 is 0.629 bits per heavy atom. The molecule has 8 aromatic carbocycles. The Kier molecular flexibility index (Phi) is 34.3. The van der Waals surface area contributed by atoms with Gasteiger partial charge in [-0.3, -0.25) is 28.8 Å². The summed E-state index contributed by atoms with van der Waals surface area (Å²) in [6.07, 6.45) is -14.5. The molecule has 22 atom stereocenters. The molecule has 0 spiro atoms. The molecule has 16 rings (SSSR count). The molecule has 8 N–H and O–H groups in total. The third-order valence-electron chi connectivity index (χ3n) is 23.0. The molecule has 10 aromatic rings. The zero-order valence-corrected chi connectivity index (χ0v) is 79.0. The Labute approximate surface area is 794 Å². The Hall–Kier alpha value is -9.04. The fraction of sp³-hybridized carbons (Fsp3) is 0.367. The first-order chi connectivity index (χ1) is 63.1. The Morgan fingerprint density at radius 3 is 0.939 bits per heavy atom. The zero-order chi connectivity index (χ0) is 94.8. The number of esters is 6. The number of ether oxygens (including phenoxy) is 10. The SMILES string of the molecule is CC[C@H]1O[C@@H](c2ccc(Cl)c(CC3=Cc4ccccc4S3=O)c2)[C@H](OC(C)=O)[C@@H](OC(C)=O)[C@@H]1OC(C)=O.CC[C@H]1O[C@@H](c2ccc(Cl)c(Cc3cc4ccccc4s3)c2)[C@H](OC(C)=O)[C@@H](OC(C)=O)[C@@H]1OC(C)=O.O=S1C(Cc2cc([C@@H]3O[C@H](CO)[C@@H](O)[C@H](O)[C@H]3O)ccc2Cl)=Cc2ccccc21.OC[C@H]1O[C@@H](c2ccc(Cl)c(Cc3cc4ccccc4s3)c2)[C@H](O)[C@@H](O)[C@@H]1O. The minimum Gasteiger partial charge on any atom is -0.456 e. The van der Waals surface area contributed by atoms with Crippen molar-refractivity contribution in [2.24, 2.45) is 0 Å². The lowest BCUT2D eigenvalue weighted by Crippen LogP contribution is -2.58. The van der Waals surface area contributed by atoms with Crippen LogP contribution in [0, 0.1) is 0 Å². The van der Waals surface area contributed by atoms with Gasteiger partial charge in [-0.2, -0.15) is 0 Å². The van der Waals surface area contributed by atoms with E-state index in [2.05, 4.69) is 36.4 Å². The second-order valence-electron chi connectivity index (χ2n) is 32.4. The summed E-state index contributed by atoms with van der Waals surface area (Å²) in [4.78, 5) is 77.3. The lowest BCUT2D eigenvalue weighted by atomic mass is 9.88. The Morgan fingerprint density at radius 1 is 0.341 bits per heavy atom. The lowest BCUT2D eigenvalue weighted by molar-refractivity contribution is -0.249. The summed E-state index contributed by atoms with van der Waals surface area (Å²) >= 11 is 29.3. The number of aliphatic hydroxyl groups excluding tert-OH is 8. The van der Waals surface area contributed by atoms with Crippen LogP contribution in [0.1, 0.15) is 158 Å². The van der Waals surface area contributed by atoms with Crippen molar-refractivity contribution in [2.45, 2.75) is 226 Å². The van der Waals surface area contributed by atoms with Crippen molar-refractivity contribution in [3.05, 3.63) is 277 Å². The molecule has 700 valence electrons. The number of hydrogen-bond donors (Lipinski definition) is 8. The molecule has 34 heteroatoms. The topological polar surface area (TPSA) is 391 Å². The van der Waals surface area contributed by atoms with Crippen LogP contribution in [-0.2, 0) is 123 Å². The molecule has 0 aliphatic carbocycles. The van der Waals surface area contributed by atoms with Crippen LogP contribution in [0.15, 0.2) is 202 Å². The molecular weight excluding hydrogens is 1860 g/mol. The molecule has 26 nitrogen and oxygen atoms in total. The highest BCUT2D eigenvalue weighted by molar-refractivity contribution is 7.90. The van der Waals surface area contributed by atoms with Gasteiger partial charge in [0.2, 0.25) is 0 Å². The predicted octanol–water partition coefficient (Wildman–Crippen LogP) is 14.7. The van der Waals surface area contributed by atoms with Crippen molar-refractivity contribution < 1.29 is 125 Å². The predicted molar refractivity (Wildman–Crippen MR) is 499 cm³/mol. The van der Waals surface area contributed by atoms with E-state index in [1.165, 1.54) is 61.7 Å². The number of aliphatic hydroxyl groups is 8. The Balaban J connectivity index is 0.000000151. The van der Waals surface area contributed by atoms with E-state index in [-0.39, 0.29) is 0 Å². The fourth-order valence-corrected chi connectivity index (χ4v) is 22.5. The molecule has 6 aliphatic rings. The summed E-state index contributed by atoms with van der Waals surface area (Å²) in [6.45, 7) is 10.3. The average Bonchev–Trinajstić information content (AvgIpc) is 1.77. The maximum Gasteiger partial charge on any atom is 0.303 e. The summed E-state index contributed by atoms with van der Waals surface area (Å²) in [5.74, 6) is -3.53. The van der Waals surface area contributed by atoms with Crippen LogP contribution in [0.25, 0.3) is 32.3 Å². The summed E-state index contributed by atoms with van der Waals surface area (Å²) in [5.41, 5.74) is 7.51. The number of allylic oxidation sites excluding steroid dienone is 2. The summed E-state index contributed by atoms with van der Waals surface area (Å²) < 4.78 is 85.6. The van der Waals surface area contributed by atoms with Gasteiger partial charge >= 0.3 is 35.8 Å². The first-order valence-corrected chi connectivity index (χ1v) is 48.0.